The van der Waals surface area contributed by atoms with E-state index in [1.54, 1.807) is 6.26 Å². The SMILES string of the molecule is Cc1ccc2oc(C(=O)NCC(c3ccco3)N3CCOCC3)c(C)c2c1. The molecule has 6 nitrogen and oxygen atoms in total. The van der Waals surface area contributed by atoms with Crippen LogP contribution in [0.15, 0.2) is 45.4 Å². The Hall–Kier alpha value is -2.57. The number of carbonyl (C=O) groups is 1. The summed E-state index contributed by atoms with van der Waals surface area (Å²) in [7, 11) is 0. The quantitative estimate of drug-likeness (QED) is 0.747. The van der Waals surface area contributed by atoms with Crippen molar-refractivity contribution in [1.29, 1.82) is 0 Å². The van der Waals surface area contributed by atoms with Crippen LogP contribution in [0.3, 0.4) is 0 Å². The monoisotopic (exact) mass is 368 g/mol. The van der Waals surface area contributed by atoms with Crippen LogP contribution in [0.25, 0.3) is 11.0 Å². The number of nitrogens with one attached hydrogen (secondary N) is 1. The molecule has 3 aromatic rings. The summed E-state index contributed by atoms with van der Waals surface area (Å²) >= 11 is 0. The van der Waals surface area contributed by atoms with Gasteiger partial charge in [-0.25, -0.2) is 0 Å². The Labute approximate surface area is 158 Å². The normalized spacial score (nSPS) is 16.5. The third-order valence-electron chi connectivity index (χ3n) is 5.11. The Kier molecular flexibility index (Phi) is 5.01. The molecular weight excluding hydrogens is 344 g/mol. The number of ether oxygens (including phenoxy) is 1. The molecule has 27 heavy (non-hydrogen) atoms. The molecule has 0 spiro atoms. The second-order valence-corrected chi connectivity index (χ2v) is 6.95. The average molecular weight is 368 g/mol. The maximum Gasteiger partial charge on any atom is 0.287 e. The minimum atomic E-state index is -0.203. The molecule has 0 aliphatic carbocycles. The zero-order valence-corrected chi connectivity index (χ0v) is 15.7. The fourth-order valence-corrected chi connectivity index (χ4v) is 3.60. The molecule has 1 aliphatic heterocycles. The molecule has 0 bridgehead atoms. The first kappa shape index (κ1) is 17.8. The summed E-state index contributed by atoms with van der Waals surface area (Å²) < 4.78 is 16.9. The van der Waals surface area contributed by atoms with Gasteiger partial charge in [0.05, 0.1) is 25.5 Å². The van der Waals surface area contributed by atoms with E-state index >= 15 is 0 Å². The first-order chi connectivity index (χ1) is 13.1. The molecule has 3 heterocycles. The van der Waals surface area contributed by atoms with Crippen molar-refractivity contribution in [2.75, 3.05) is 32.8 Å². The van der Waals surface area contributed by atoms with E-state index < -0.39 is 0 Å². The van der Waals surface area contributed by atoms with Gasteiger partial charge in [0.1, 0.15) is 11.3 Å². The number of fused-ring (bicyclic) bond motifs is 1. The Bertz CT molecular complexity index is 923. The molecule has 1 N–H and O–H groups in total. The molecule has 6 heteroatoms. The third-order valence-corrected chi connectivity index (χ3v) is 5.11. The molecular formula is C21H24N2O4. The minimum absolute atomic E-state index is 0.0280. The lowest BCUT2D eigenvalue weighted by Crippen LogP contribution is -2.43. The number of rotatable bonds is 5. The van der Waals surface area contributed by atoms with Crippen LogP contribution in [-0.4, -0.2) is 43.7 Å². The Morgan fingerprint density at radius 1 is 1.22 bits per heavy atom. The van der Waals surface area contributed by atoms with Crippen molar-refractivity contribution in [3.63, 3.8) is 0 Å². The number of benzene rings is 1. The van der Waals surface area contributed by atoms with Crippen molar-refractivity contribution < 1.29 is 18.4 Å². The van der Waals surface area contributed by atoms with E-state index in [1.165, 1.54) is 0 Å². The summed E-state index contributed by atoms with van der Waals surface area (Å²) in [4.78, 5) is 15.1. The van der Waals surface area contributed by atoms with Crippen LogP contribution in [0.2, 0.25) is 0 Å². The van der Waals surface area contributed by atoms with Gasteiger partial charge < -0.3 is 18.9 Å². The van der Waals surface area contributed by atoms with E-state index in [2.05, 4.69) is 10.2 Å². The fraction of sp³-hybridized carbons (Fsp3) is 0.381. The van der Waals surface area contributed by atoms with Crippen LogP contribution in [-0.2, 0) is 4.74 Å². The zero-order chi connectivity index (χ0) is 18.8. The summed E-state index contributed by atoms with van der Waals surface area (Å²) in [5.41, 5.74) is 2.75. The molecule has 142 valence electrons. The van der Waals surface area contributed by atoms with Gasteiger partial charge in [0, 0.05) is 30.6 Å². The van der Waals surface area contributed by atoms with E-state index in [0.29, 0.717) is 25.5 Å². The van der Waals surface area contributed by atoms with E-state index in [-0.39, 0.29) is 11.9 Å². The summed E-state index contributed by atoms with van der Waals surface area (Å²) in [6, 6.07) is 9.73. The Morgan fingerprint density at radius 2 is 2.04 bits per heavy atom. The summed E-state index contributed by atoms with van der Waals surface area (Å²) in [6.07, 6.45) is 1.66. The lowest BCUT2D eigenvalue weighted by Gasteiger charge is -2.33. The van der Waals surface area contributed by atoms with Gasteiger partial charge in [-0.15, -0.1) is 0 Å². The molecule has 0 saturated carbocycles. The van der Waals surface area contributed by atoms with Crippen molar-refractivity contribution >= 4 is 16.9 Å². The number of furan rings is 2. The molecule has 1 aliphatic rings. The highest BCUT2D eigenvalue weighted by molar-refractivity contribution is 5.99. The predicted octanol–water partition coefficient (Wildman–Crippen LogP) is 3.45. The van der Waals surface area contributed by atoms with Crippen molar-refractivity contribution in [3.05, 3.63) is 59.2 Å². The molecule has 1 amide bonds. The largest absolute Gasteiger partial charge is 0.468 e. The van der Waals surface area contributed by atoms with Crippen LogP contribution in [0.1, 0.15) is 33.5 Å². The molecule has 1 unspecified atom stereocenters. The number of morpholine rings is 1. The first-order valence-corrected chi connectivity index (χ1v) is 9.26. The Morgan fingerprint density at radius 3 is 2.78 bits per heavy atom. The second kappa shape index (κ2) is 7.58. The Balaban J connectivity index is 1.52. The van der Waals surface area contributed by atoms with Crippen LogP contribution in [0.5, 0.6) is 0 Å². The lowest BCUT2D eigenvalue weighted by molar-refractivity contribution is 0.0117. The second-order valence-electron chi connectivity index (χ2n) is 6.95. The van der Waals surface area contributed by atoms with Gasteiger partial charge in [-0.3, -0.25) is 9.69 Å². The molecule has 2 aromatic heterocycles. The van der Waals surface area contributed by atoms with Crippen molar-refractivity contribution in [3.8, 4) is 0 Å². The van der Waals surface area contributed by atoms with E-state index in [0.717, 1.165) is 40.9 Å². The number of aryl methyl sites for hydroxylation is 2. The van der Waals surface area contributed by atoms with Crippen molar-refractivity contribution in [2.24, 2.45) is 0 Å². The maximum atomic E-state index is 12.8. The molecule has 1 fully saturated rings. The highest BCUT2D eigenvalue weighted by Gasteiger charge is 2.26. The average Bonchev–Trinajstić information content (AvgIpc) is 3.32. The number of nitrogens with zero attached hydrogens (tertiary/aromatic N) is 1. The molecule has 4 rings (SSSR count). The van der Waals surface area contributed by atoms with Gasteiger partial charge in [-0.05, 0) is 38.1 Å². The van der Waals surface area contributed by atoms with Gasteiger partial charge in [-0.2, -0.15) is 0 Å². The summed E-state index contributed by atoms with van der Waals surface area (Å²) in [6.45, 7) is 7.39. The fourth-order valence-electron chi connectivity index (χ4n) is 3.60. The highest BCUT2D eigenvalue weighted by Crippen LogP contribution is 2.27. The molecule has 1 aromatic carbocycles. The van der Waals surface area contributed by atoms with Crippen molar-refractivity contribution in [1.82, 2.24) is 10.2 Å². The van der Waals surface area contributed by atoms with Gasteiger partial charge in [-0.1, -0.05) is 11.6 Å². The molecule has 0 radical (unpaired) electrons. The topological polar surface area (TPSA) is 67.9 Å². The first-order valence-electron chi connectivity index (χ1n) is 9.26. The van der Waals surface area contributed by atoms with E-state index in [9.17, 15) is 4.79 Å². The van der Waals surface area contributed by atoms with Gasteiger partial charge in [0.25, 0.3) is 5.91 Å². The van der Waals surface area contributed by atoms with Crippen molar-refractivity contribution in [2.45, 2.75) is 19.9 Å². The standard InChI is InChI=1S/C21H24N2O4/c1-14-5-6-18-16(12-14)15(2)20(27-18)21(24)22-13-17(19-4-3-9-26-19)23-7-10-25-11-8-23/h3-6,9,12,17H,7-8,10-11,13H2,1-2H3,(H,22,24). The smallest absolute Gasteiger partial charge is 0.287 e. The van der Waals surface area contributed by atoms with E-state index in [4.69, 9.17) is 13.6 Å². The van der Waals surface area contributed by atoms with Crippen LogP contribution >= 0.6 is 0 Å². The molecule has 1 saturated heterocycles. The summed E-state index contributed by atoms with van der Waals surface area (Å²) in [5, 5.41) is 4.01. The number of hydrogen-bond donors (Lipinski definition) is 1. The van der Waals surface area contributed by atoms with Gasteiger partial charge >= 0.3 is 0 Å². The van der Waals surface area contributed by atoms with E-state index in [1.807, 2.05) is 44.2 Å². The van der Waals surface area contributed by atoms with Gasteiger partial charge in [0.2, 0.25) is 0 Å². The maximum absolute atomic E-state index is 12.8. The predicted molar refractivity (Wildman–Crippen MR) is 102 cm³/mol. The number of carbonyl (C=O) groups excluding carboxylic acids is 1. The number of hydrogen-bond acceptors (Lipinski definition) is 5. The number of amides is 1. The molecule has 1 atom stereocenters. The third kappa shape index (κ3) is 3.63. The minimum Gasteiger partial charge on any atom is -0.468 e. The van der Waals surface area contributed by atoms with Crippen LogP contribution in [0.4, 0.5) is 0 Å². The van der Waals surface area contributed by atoms with Crippen LogP contribution in [0, 0.1) is 13.8 Å². The summed E-state index contributed by atoms with van der Waals surface area (Å²) in [5.74, 6) is 1.01. The van der Waals surface area contributed by atoms with Gasteiger partial charge in [0.15, 0.2) is 5.76 Å². The zero-order valence-electron chi connectivity index (χ0n) is 15.7. The van der Waals surface area contributed by atoms with Crippen LogP contribution < -0.4 is 5.32 Å². The lowest BCUT2D eigenvalue weighted by atomic mass is 10.1. The highest BCUT2D eigenvalue weighted by atomic mass is 16.5.